The predicted molar refractivity (Wildman–Crippen MR) is 72.9 cm³/mol. The standard InChI is InChI=1S/C12H15BrFNO3S/c1-12(5-2-6-18-8-12)15-19(16,17)9-3-4-10(13)11(14)7-9/h3-4,7,15H,2,5-6,8H2,1H3. The minimum absolute atomic E-state index is 0.0833. The molecule has 0 bridgehead atoms. The molecular weight excluding hydrogens is 337 g/mol. The molecule has 1 atom stereocenters. The van der Waals surface area contributed by atoms with Gasteiger partial charge in [-0.05, 0) is 53.9 Å². The molecule has 7 heteroatoms. The molecule has 1 saturated heterocycles. The van der Waals surface area contributed by atoms with E-state index in [4.69, 9.17) is 4.74 Å². The highest BCUT2D eigenvalue weighted by Crippen LogP contribution is 2.24. The number of hydrogen-bond donors (Lipinski definition) is 1. The number of rotatable bonds is 3. The van der Waals surface area contributed by atoms with Gasteiger partial charge in [-0.3, -0.25) is 0 Å². The minimum atomic E-state index is -3.75. The van der Waals surface area contributed by atoms with E-state index in [1.54, 1.807) is 6.92 Å². The molecule has 0 amide bonds. The van der Waals surface area contributed by atoms with E-state index < -0.39 is 21.4 Å². The van der Waals surface area contributed by atoms with Gasteiger partial charge in [-0.2, -0.15) is 0 Å². The molecule has 4 nitrogen and oxygen atoms in total. The van der Waals surface area contributed by atoms with Gasteiger partial charge in [-0.25, -0.2) is 17.5 Å². The minimum Gasteiger partial charge on any atom is -0.380 e. The molecular formula is C12H15BrFNO3S. The van der Waals surface area contributed by atoms with E-state index in [1.165, 1.54) is 12.1 Å². The van der Waals surface area contributed by atoms with E-state index in [9.17, 15) is 12.8 Å². The first-order valence-corrected chi connectivity index (χ1v) is 8.17. The Kier molecular flexibility index (Phi) is 4.29. The van der Waals surface area contributed by atoms with Crippen LogP contribution in [0.2, 0.25) is 0 Å². The Bertz CT molecular complexity index is 570. The van der Waals surface area contributed by atoms with Crippen LogP contribution in [0.3, 0.4) is 0 Å². The van der Waals surface area contributed by atoms with Gasteiger partial charge in [0.25, 0.3) is 0 Å². The van der Waals surface area contributed by atoms with Crippen LogP contribution in [-0.2, 0) is 14.8 Å². The second-order valence-electron chi connectivity index (χ2n) is 4.90. The highest BCUT2D eigenvalue weighted by Gasteiger charge is 2.33. The first kappa shape index (κ1) is 14.9. The molecule has 1 aliphatic heterocycles. The smallest absolute Gasteiger partial charge is 0.241 e. The largest absolute Gasteiger partial charge is 0.380 e. The van der Waals surface area contributed by atoms with Crippen molar-refractivity contribution in [3.05, 3.63) is 28.5 Å². The zero-order chi connectivity index (χ0) is 14.1. The van der Waals surface area contributed by atoms with Gasteiger partial charge >= 0.3 is 0 Å². The van der Waals surface area contributed by atoms with Gasteiger partial charge < -0.3 is 4.74 Å². The van der Waals surface area contributed by atoms with Gasteiger partial charge in [0.15, 0.2) is 0 Å². The second-order valence-corrected chi connectivity index (χ2v) is 7.43. The lowest BCUT2D eigenvalue weighted by molar-refractivity contribution is 0.0386. The molecule has 0 aromatic heterocycles. The van der Waals surface area contributed by atoms with Gasteiger partial charge in [0, 0.05) is 6.61 Å². The number of nitrogens with one attached hydrogen (secondary N) is 1. The van der Waals surface area contributed by atoms with E-state index in [2.05, 4.69) is 20.7 Å². The van der Waals surface area contributed by atoms with Crippen molar-refractivity contribution >= 4 is 26.0 Å². The maximum Gasteiger partial charge on any atom is 0.241 e. The van der Waals surface area contributed by atoms with Crippen molar-refractivity contribution in [3.8, 4) is 0 Å². The number of hydrogen-bond acceptors (Lipinski definition) is 3. The fourth-order valence-electron chi connectivity index (χ4n) is 2.04. The average molecular weight is 352 g/mol. The summed E-state index contributed by atoms with van der Waals surface area (Å²) in [6.45, 7) is 2.76. The Balaban J connectivity index is 2.24. The summed E-state index contributed by atoms with van der Waals surface area (Å²) in [6, 6.07) is 3.74. The first-order valence-electron chi connectivity index (χ1n) is 5.89. The van der Waals surface area contributed by atoms with Gasteiger partial charge in [0.1, 0.15) is 5.82 Å². The molecule has 1 aromatic rings. The third kappa shape index (κ3) is 3.53. The van der Waals surface area contributed by atoms with E-state index in [1.807, 2.05) is 0 Å². The normalized spacial score (nSPS) is 24.4. The van der Waals surface area contributed by atoms with Crippen LogP contribution < -0.4 is 4.72 Å². The lowest BCUT2D eigenvalue weighted by atomic mass is 9.97. The Hall–Kier alpha value is -0.500. The molecule has 0 radical (unpaired) electrons. The Morgan fingerprint density at radius 2 is 2.21 bits per heavy atom. The van der Waals surface area contributed by atoms with Crippen molar-refractivity contribution < 1.29 is 17.5 Å². The first-order chi connectivity index (χ1) is 8.82. The van der Waals surface area contributed by atoms with Crippen molar-refractivity contribution in [2.75, 3.05) is 13.2 Å². The molecule has 0 spiro atoms. The van der Waals surface area contributed by atoms with Gasteiger partial charge in [0.2, 0.25) is 10.0 Å². The summed E-state index contributed by atoms with van der Waals surface area (Å²) in [6.07, 6.45) is 1.50. The fraction of sp³-hybridized carbons (Fsp3) is 0.500. The number of sulfonamides is 1. The van der Waals surface area contributed by atoms with Crippen molar-refractivity contribution in [2.24, 2.45) is 0 Å². The molecule has 19 heavy (non-hydrogen) atoms. The average Bonchev–Trinajstić information content (AvgIpc) is 2.32. The Morgan fingerprint density at radius 1 is 1.47 bits per heavy atom. The second kappa shape index (κ2) is 5.47. The molecule has 1 aromatic carbocycles. The maximum absolute atomic E-state index is 13.4. The maximum atomic E-state index is 13.4. The summed E-state index contributed by atoms with van der Waals surface area (Å²) in [5, 5.41) is 0. The van der Waals surface area contributed by atoms with Crippen LogP contribution in [0.15, 0.2) is 27.6 Å². The van der Waals surface area contributed by atoms with Crippen LogP contribution in [0.25, 0.3) is 0 Å². The van der Waals surface area contributed by atoms with E-state index in [-0.39, 0.29) is 9.37 Å². The van der Waals surface area contributed by atoms with Crippen molar-refractivity contribution in [1.29, 1.82) is 0 Å². The van der Waals surface area contributed by atoms with Crippen molar-refractivity contribution in [2.45, 2.75) is 30.2 Å². The molecule has 1 fully saturated rings. The highest BCUT2D eigenvalue weighted by molar-refractivity contribution is 9.10. The summed E-state index contributed by atoms with van der Waals surface area (Å²) in [7, 11) is -3.75. The Morgan fingerprint density at radius 3 is 2.79 bits per heavy atom. The van der Waals surface area contributed by atoms with E-state index in [0.717, 1.165) is 12.5 Å². The third-order valence-electron chi connectivity index (χ3n) is 3.02. The zero-order valence-electron chi connectivity index (χ0n) is 10.4. The van der Waals surface area contributed by atoms with Gasteiger partial charge in [0.05, 0.1) is 21.5 Å². The van der Waals surface area contributed by atoms with Crippen LogP contribution in [0.5, 0.6) is 0 Å². The lowest BCUT2D eigenvalue weighted by Gasteiger charge is -2.33. The quantitative estimate of drug-likeness (QED) is 0.909. The fourth-order valence-corrected chi connectivity index (χ4v) is 3.72. The van der Waals surface area contributed by atoms with Crippen molar-refractivity contribution in [1.82, 2.24) is 4.72 Å². The number of benzene rings is 1. The molecule has 1 heterocycles. The molecule has 1 aliphatic rings. The van der Waals surface area contributed by atoms with Crippen LogP contribution in [-0.4, -0.2) is 27.2 Å². The van der Waals surface area contributed by atoms with Crippen LogP contribution >= 0.6 is 15.9 Å². The Labute approximate surface area is 120 Å². The zero-order valence-corrected chi connectivity index (χ0v) is 12.9. The SMILES string of the molecule is CC1(NS(=O)(=O)c2ccc(Br)c(F)c2)CCCOC1. The molecule has 0 aliphatic carbocycles. The summed E-state index contributed by atoms with van der Waals surface area (Å²) >= 11 is 2.99. The summed E-state index contributed by atoms with van der Waals surface area (Å²) in [5.74, 6) is -0.604. The molecule has 2 rings (SSSR count). The summed E-state index contributed by atoms with van der Waals surface area (Å²) < 4.78 is 46.0. The van der Waals surface area contributed by atoms with Crippen molar-refractivity contribution in [3.63, 3.8) is 0 Å². The summed E-state index contributed by atoms with van der Waals surface area (Å²) in [5.41, 5.74) is -0.638. The topological polar surface area (TPSA) is 55.4 Å². The van der Waals surface area contributed by atoms with Crippen LogP contribution in [0, 0.1) is 5.82 Å². The predicted octanol–water partition coefficient (Wildman–Crippen LogP) is 2.44. The highest BCUT2D eigenvalue weighted by atomic mass is 79.9. The monoisotopic (exact) mass is 351 g/mol. The van der Waals surface area contributed by atoms with Crippen LogP contribution in [0.4, 0.5) is 4.39 Å². The van der Waals surface area contributed by atoms with Crippen LogP contribution in [0.1, 0.15) is 19.8 Å². The van der Waals surface area contributed by atoms with Gasteiger partial charge in [-0.15, -0.1) is 0 Å². The molecule has 1 unspecified atom stereocenters. The van der Waals surface area contributed by atoms with E-state index in [0.29, 0.717) is 19.6 Å². The van der Waals surface area contributed by atoms with Gasteiger partial charge in [-0.1, -0.05) is 0 Å². The lowest BCUT2D eigenvalue weighted by Crippen LogP contribution is -2.51. The number of halogens is 2. The molecule has 1 N–H and O–H groups in total. The molecule has 0 saturated carbocycles. The third-order valence-corrected chi connectivity index (χ3v) is 5.30. The summed E-state index contributed by atoms with van der Waals surface area (Å²) in [4.78, 5) is -0.0833. The molecule has 106 valence electrons. The number of ether oxygens (including phenoxy) is 1. The van der Waals surface area contributed by atoms with E-state index >= 15 is 0 Å².